The van der Waals surface area contributed by atoms with Crippen molar-refractivity contribution >= 4 is 11.5 Å². The Morgan fingerprint density at radius 3 is 2.61 bits per heavy atom. The van der Waals surface area contributed by atoms with Crippen LogP contribution in [0.5, 0.6) is 0 Å². The summed E-state index contributed by atoms with van der Waals surface area (Å²) in [6.45, 7) is 8.35. The van der Waals surface area contributed by atoms with E-state index in [9.17, 15) is 0 Å². The molecule has 2 aromatic rings. The standard InChI is InChI=1S/C19H26N4/c1-4-16-13-19(21-15(3)20-16)23-10-8-17(9-11-23)22-18-7-5-6-14(2)12-18/h5-7,12-13,17,22H,4,8-11H2,1-3H3. The number of rotatable bonds is 4. The first-order chi connectivity index (χ1) is 11.1. The molecule has 0 aliphatic carbocycles. The fraction of sp³-hybridized carbons (Fsp3) is 0.474. The molecule has 3 rings (SSSR count). The summed E-state index contributed by atoms with van der Waals surface area (Å²) < 4.78 is 0. The lowest BCUT2D eigenvalue weighted by molar-refractivity contribution is 0.523. The van der Waals surface area contributed by atoms with Gasteiger partial charge in [0.15, 0.2) is 0 Å². The van der Waals surface area contributed by atoms with E-state index >= 15 is 0 Å². The van der Waals surface area contributed by atoms with Gasteiger partial charge in [-0.05, 0) is 50.8 Å². The molecule has 2 heterocycles. The Bertz CT molecular complexity index is 660. The first kappa shape index (κ1) is 15.8. The van der Waals surface area contributed by atoms with E-state index in [0.717, 1.165) is 49.7 Å². The highest BCUT2D eigenvalue weighted by atomic mass is 15.2. The lowest BCUT2D eigenvalue weighted by Gasteiger charge is -2.34. The molecular formula is C19H26N4. The average Bonchev–Trinajstić information content (AvgIpc) is 2.55. The van der Waals surface area contributed by atoms with Gasteiger partial charge in [0.05, 0.1) is 0 Å². The van der Waals surface area contributed by atoms with Crippen LogP contribution in [-0.2, 0) is 6.42 Å². The van der Waals surface area contributed by atoms with E-state index in [1.165, 1.54) is 11.3 Å². The number of nitrogens with one attached hydrogen (secondary N) is 1. The lowest BCUT2D eigenvalue weighted by atomic mass is 10.0. The van der Waals surface area contributed by atoms with Crippen LogP contribution in [0.1, 0.15) is 36.8 Å². The van der Waals surface area contributed by atoms with Crippen molar-refractivity contribution in [2.45, 2.75) is 46.1 Å². The first-order valence-corrected chi connectivity index (χ1v) is 8.57. The first-order valence-electron chi connectivity index (χ1n) is 8.57. The quantitative estimate of drug-likeness (QED) is 0.934. The maximum Gasteiger partial charge on any atom is 0.132 e. The van der Waals surface area contributed by atoms with Crippen molar-refractivity contribution in [1.82, 2.24) is 9.97 Å². The molecule has 1 aliphatic rings. The van der Waals surface area contributed by atoms with Gasteiger partial charge in [-0.25, -0.2) is 9.97 Å². The Kier molecular flexibility index (Phi) is 4.79. The number of benzene rings is 1. The summed E-state index contributed by atoms with van der Waals surface area (Å²) >= 11 is 0. The second-order valence-corrected chi connectivity index (χ2v) is 6.39. The zero-order valence-electron chi connectivity index (χ0n) is 14.3. The molecule has 0 bridgehead atoms. The van der Waals surface area contributed by atoms with Crippen LogP contribution in [0.25, 0.3) is 0 Å². The van der Waals surface area contributed by atoms with Crippen molar-refractivity contribution < 1.29 is 0 Å². The van der Waals surface area contributed by atoms with Crippen LogP contribution in [0.3, 0.4) is 0 Å². The van der Waals surface area contributed by atoms with Gasteiger partial charge in [-0.1, -0.05) is 19.1 Å². The zero-order chi connectivity index (χ0) is 16.2. The van der Waals surface area contributed by atoms with E-state index in [-0.39, 0.29) is 0 Å². The fourth-order valence-electron chi connectivity index (χ4n) is 3.18. The van der Waals surface area contributed by atoms with E-state index in [2.05, 4.69) is 64.4 Å². The van der Waals surface area contributed by atoms with Crippen LogP contribution >= 0.6 is 0 Å². The van der Waals surface area contributed by atoms with E-state index in [0.29, 0.717) is 6.04 Å². The van der Waals surface area contributed by atoms with Crippen molar-refractivity contribution in [2.75, 3.05) is 23.3 Å². The summed E-state index contributed by atoms with van der Waals surface area (Å²) in [6, 6.07) is 11.3. The molecule has 1 N–H and O–H groups in total. The van der Waals surface area contributed by atoms with Crippen molar-refractivity contribution in [3.05, 3.63) is 47.4 Å². The number of piperidine rings is 1. The normalized spacial score (nSPS) is 15.7. The van der Waals surface area contributed by atoms with Crippen molar-refractivity contribution in [1.29, 1.82) is 0 Å². The van der Waals surface area contributed by atoms with Gasteiger partial charge in [0.1, 0.15) is 11.6 Å². The van der Waals surface area contributed by atoms with Gasteiger partial charge in [-0.2, -0.15) is 0 Å². The molecule has 23 heavy (non-hydrogen) atoms. The van der Waals surface area contributed by atoms with E-state index in [1.807, 2.05) is 6.92 Å². The van der Waals surface area contributed by atoms with Crippen LogP contribution in [0.4, 0.5) is 11.5 Å². The summed E-state index contributed by atoms with van der Waals surface area (Å²) in [5.74, 6) is 1.96. The van der Waals surface area contributed by atoms with Gasteiger partial charge in [0.2, 0.25) is 0 Å². The van der Waals surface area contributed by atoms with E-state index < -0.39 is 0 Å². The second-order valence-electron chi connectivity index (χ2n) is 6.39. The number of hydrogen-bond donors (Lipinski definition) is 1. The third-order valence-electron chi connectivity index (χ3n) is 4.45. The lowest BCUT2D eigenvalue weighted by Crippen LogP contribution is -2.39. The molecular weight excluding hydrogens is 284 g/mol. The van der Waals surface area contributed by atoms with Gasteiger partial charge in [-0.15, -0.1) is 0 Å². The highest BCUT2D eigenvalue weighted by molar-refractivity contribution is 5.47. The smallest absolute Gasteiger partial charge is 0.132 e. The van der Waals surface area contributed by atoms with Gasteiger partial charge in [0.25, 0.3) is 0 Å². The topological polar surface area (TPSA) is 41.0 Å². The summed E-state index contributed by atoms with van der Waals surface area (Å²) in [4.78, 5) is 11.5. The summed E-state index contributed by atoms with van der Waals surface area (Å²) in [6.07, 6.45) is 3.23. The molecule has 0 atom stereocenters. The van der Waals surface area contributed by atoms with E-state index in [1.54, 1.807) is 0 Å². The second kappa shape index (κ2) is 6.99. The van der Waals surface area contributed by atoms with Gasteiger partial charge in [0, 0.05) is 36.6 Å². The molecule has 1 fully saturated rings. The van der Waals surface area contributed by atoms with Crippen molar-refractivity contribution in [3.8, 4) is 0 Å². The van der Waals surface area contributed by atoms with Gasteiger partial charge >= 0.3 is 0 Å². The predicted molar refractivity (Wildman–Crippen MR) is 96.2 cm³/mol. The molecule has 4 heteroatoms. The van der Waals surface area contributed by atoms with Crippen LogP contribution in [0.15, 0.2) is 30.3 Å². The maximum absolute atomic E-state index is 4.62. The number of hydrogen-bond acceptors (Lipinski definition) is 4. The molecule has 122 valence electrons. The Morgan fingerprint density at radius 1 is 1.13 bits per heavy atom. The molecule has 4 nitrogen and oxygen atoms in total. The van der Waals surface area contributed by atoms with Crippen molar-refractivity contribution in [2.24, 2.45) is 0 Å². The Hall–Kier alpha value is -2.10. The van der Waals surface area contributed by atoms with E-state index in [4.69, 9.17) is 0 Å². The fourth-order valence-corrected chi connectivity index (χ4v) is 3.18. The monoisotopic (exact) mass is 310 g/mol. The highest BCUT2D eigenvalue weighted by Crippen LogP contribution is 2.22. The summed E-state index contributed by atoms with van der Waals surface area (Å²) in [5, 5.41) is 3.67. The third-order valence-corrected chi connectivity index (χ3v) is 4.45. The van der Waals surface area contributed by atoms with Gasteiger partial charge < -0.3 is 10.2 Å². The van der Waals surface area contributed by atoms with Crippen molar-refractivity contribution in [3.63, 3.8) is 0 Å². The molecule has 0 amide bonds. The van der Waals surface area contributed by atoms with Gasteiger partial charge in [-0.3, -0.25) is 0 Å². The Morgan fingerprint density at radius 2 is 1.91 bits per heavy atom. The molecule has 0 radical (unpaired) electrons. The molecule has 0 saturated carbocycles. The molecule has 1 aromatic carbocycles. The highest BCUT2D eigenvalue weighted by Gasteiger charge is 2.20. The van der Waals surface area contributed by atoms with Crippen LogP contribution < -0.4 is 10.2 Å². The molecule has 1 saturated heterocycles. The number of nitrogens with zero attached hydrogens (tertiary/aromatic N) is 3. The Labute approximate surface area is 139 Å². The maximum atomic E-state index is 4.62. The minimum Gasteiger partial charge on any atom is -0.382 e. The molecule has 1 aliphatic heterocycles. The number of anilines is 2. The largest absolute Gasteiger partial charge is 0.382 e. The SMILES string of the molecule is CCc1cc(N2CCC(Nc3cccc(C)c3)CC2)nc(C)n1. The molecule has 1 aromatic heterocycles. The summed E-state index contributed by atoms with van der Waals surface area (Å²) in [5.41, 5.74) is 3.66. The molecule has 0 spiro atoms. The summed E-state index contributed by atoms with van der Waals surface area (Å²) in [7, 11) is 0. The number of aryl methyl sites for hydroxylation is 3. The third kappa shape index (κ3) is 4.01. The van der Waals surface area contributed by atoms with Crippen LogP contribution in [0, 0.1) is 13.8 Å². The van der Waals surface area contributed by atoms with Crippen LogP contribution in [-0.4, -0.2) is 29.1 Å². The minimum absolute atomic E-state index is 0.543. The Balaban J connectivity index is 1.61. The predicted octanol–water partition coefficient (Wildman–Crippen LogP) is 3.74. The zero-order valence-corrected chi connectivity index (χ0v) is 14.3. The number of aromatic nitrogens is 2. The molecule has 0 unspecified atom stereocenters. The minimum atomic E-state index is 0.543. The van der Waals surface area contributed by atoms with Crippen LogP contribution in [0.2, 0.25) is 0 Å². The average molecular weight is 310 g/mol.